The number of hydrogen-bond acceptors (Lipinski definition) is 0. The molecular formula is C10H15Cl2Os-. The van der Waals surface area contributed by atoms with Crippen LogP contribution in [0, 0.1) is 11.5 Å². The summed E-state index contributed by atoms with van der Waals surface area (Å²) in [5.41, 5.74) is 4.39. The van der Waals surface area contributed by atoms with Gasteiger partial charge in [0.05, 0.1) is 0 Å². The molecule has 0 aliphatic heterocycles. The average Bonchev–Trinajstić information content (AvgIpc) is 1.95. The van der Waals surface area contributed by atoms with E-state index in [1.54, 1.807) is 0 Å². The normalized spacial score (nSPS) is 18.1. The van der Waals surface area contributed by atoms with Gasteiger partial charge in [-0.15, -0.1) is 6.92 Å². The molecule has 0 radical (unpaired) electrons. The summed E-state index contributed by atoms with van der Waals surface area (Å²) in [4.78, 5) is 0. The number of halogens is 2. The van der Waals surface area contributed by atoms with Crippen molar-refractivity contribution in [2.45, 2.75) is 34.6 Å². The molecule has 78 valence electrons. The van der Waals surface area contributed by atoms with Crippen molar-refractivity contribution in [3.63, 3.8) is 0 Å². The van der Waals surface area contributed by atoms with Crippen molar-refractivity contribution >= 4 is 0 Å². The van der Waals surface area contributed by atoms with Gasteiger partial charge < -0.3 is 24.8 Å². The molecule has 0 nitrogen and oxygen atoms in total. The second-order valence-electron chi connectivity index (χ2n) is 3.62. The molecule has 1 aliphatic rings. The second kappa shape index (κ2) is 6.23. The Hall–Kier alpha value is 0.696. The molecule has 0 unspecified atom stereocenters. The van der Waals surface area contributed by atoms with E-state index in [1.165, 1.54) is 16.7 Å². The molecule has 0 aromatic rings. The van der Waals surface area contributed by atoms with Crippen LogP contribution in [-0.4, -0.2) is 0 Å². The number of hydrogen-bond donors (Lipinski definition) is 0. The molecule has 0 bridgehead atoms. The minimum Gasteiger partial charge on any atom is -1.00 e. The third kappa shape index (κ3) is 3.74. The van der Waals surface area contributed by atoms with E-state index in [0.29, 0.717) is 0 Å². The minimum atomic E-state index is 0. The third-order valence-corrected chi connectivity index (χ3v) is 2.56. The molecule has 0 saturated heterocycles. The molecule has 0 saturated carbocycles. The molecule has 0 atom stereocenters. The Labute approximate surface area is 107 Å². The predicted molar refractivity (Wildman–Crippen MR) is 44.6 cm³/mol. The van der Waals surface area contributed by atoms with Gasteiger partial charge in [-0.3, -0.25) is 6.08 Å². The Balaban J connectivity index is -0.000000333. The molecule has 0 fully saturated rings. The minimum absolute atomic E-state index is 0. The van der Waals surface area contributed by atoms with Gasteiger partial charge in [0, 0.05) is 0 Å². The predicted octanol–water partition coefficient (Wildman–Crippen LogP) is -2.88. The fourth-order valence-electron chi connectivity index (χ4n) is 1.41. The molecule has 0 aromatic heterocycles. The Bertz CT molecular complexity index is 227. The van der Waals surface area contributed by atoms with Crippen LogP contribution in [0.5, 0.6) is 0 Å². The van der Waals surface area contributed by atoms with Gasteiger partial charge in [-0.1, -0.05) is 33.1 Å². The van der Waals surface area contributed by atoms with Crippen LogP contribution in [0.25, 0.3) is 0 Å². The summed E-state index contributed by atoms with van der Waals surface area (Å²) in [6, 6.07) is 0. The summed E-state index contributed by atoms with van der Waals surface area (Å²) >= 11 is 0. The van der Waals surface area contributed by atoms with Crippen LogP contribution >= 0.6 is 0 Å². The Morgan fingerprint density at radius 1 is 1.00 bits per heavy atom. The maximum Gasteiger partial charge on any atom is 2.00 e. The Morgan fingerprint density at radius 3 is 1.46 bits per heavy atom. The van der Waals surface area contributed by atoms with Gasteiger partial charge in [0.15, 0.2) is 0 Å². The monoisotopic (exact) mass is 397 g/mol. The molecule has 0 spiro atoms. The molecule has 0 aromatic carbocycles. The van der Waals surface area contributed by atoms with Crippen molar-refractivity contribution < 1.29 is 44.6 Å². The molecule has 1 rings (SSSR count). The van der Waals surface area contributed by atoms with Crippen molar-refractivity contribution in [1.82, 2.24) is 0 Å². The van der Waals surface area contributed by atoms with Gasteiger partial charge >= 0.3 is 19.8 Å². The summed E-state index contributed by atoms with van der Waals surface area (Å²) in [6.45, 7) is 10.9. The van der Waals surface area contributed by atoms with Crippen LogP contribution in [-0.2, 0) is 19.8 Å². The maximum atomic E-state index is 3.44. The molecule has 0 amide bonds. The van der Waals surface area contributed by atoms with Crippen molar-refractivity contribution in [2.75, 3.05) is 0 Å². The molecule has 0 heterocycles. The van der Waals surface area contributed by atoms with E-state index >= 15 is 0 Å². The van der Waals surface area contributed by atoms with E-state index in [0.717, 1.165) is 0 Å². The zero-order valence-electron chi connectivity index (χ0n) is 8.61. The summed E-state index contributed by atoms with van der Waals surface area (Å²) < 4.78 is 0. The average molecular weight is 396 g/mol. The van der Waals surface area contributed by atoms with Crippen molar-refractivity contribution in [3.8, 4) is 0 Å². The summed E-state index contributed by atoms with van der Waals surface area (Å²) in [6.07, 6.45) is 3.44. The smallest absolute Gasteiger partial charge is 1.00 e. The van der Waals surface area contributed by atoms with Crippen LogP contribution in [0.2, 0.25) is 0 Å². The number of allylic oxidation sites excluding steroid dienone is 4. The standard InChI is InChI=1S/C10H15.2ClH.Os/c1-7-6-10(4,5)9(3)8(7)2;;;/h1-5H3;2*1H;/q-1;;;+2/p-2. The fraction of sp³-hybridized carbons (Fsp3) is 0.600. The van der Waals surface area contributed by atoms with Crippen LogP contribution in [0.4, 0.5) is 0 Å². The van der Waals surface area contributed by atoms with E-state index in [1.807, 2.05) is 0 Å². The molecule has 0 N–H and O–H groups in total. The van der Waals surface area contributed by atoms with Crippen LogP contribution in [0.1, 0.15) is 34.6 Å². The van der Waals surface area contributed by atoms with E-state index in [2.05, 4.69) is 40.7 Å². The number of rotatable bonds is 0. The third-order valence-electron chi connectivity index (χ3n) is 2.56. The van der Waals surface area contributed by atoms with Crippen LogP contribution < -0.4 is 24.8 Å². The molecule has 3 heteroatoms. The van der Waals surface area contributed by atoms with Gasteiger partial charge in [0.1, 0.15) is 0 Å². The van der Waals surface area contributed by atoms with Gasteiger partial charge in [-0.05, 0) is 0 Å². The van der Waals surface area contributed by atoms with E-state index < -0.39 is 0 Å². The quantitative estimate of drug-likeness (QED) is 0.386. The maximum absolute atomic E-state index is 3.44. The van der Waals surface area contributed by atoms with Crippen LogP contribution in [0.15, 0.2) is 16.7 Å². The Kier molecular flexibility index (Phi) is 9.25. The SMILES string of the molecule is CC1=[C-]C(C)(C)C(C)=C1C.[Cl-].[Cl-].[Os+2]. The van der Waals surface area contributed by atoms with Gasteiger partial charge in [0.25, 0.3) is 0 Å². The van der Waals surface area contributed by atoms with Gasteiger partial charge in [-0.2, -0.15) is 11.1 Å². The van der Waals surface area contributed by atoms with Crippen LogP contribution in [0.3, 0.4) is 0 Å². The second-order valence-corrected chi connectivity index (χ2v) is 3.62. The Morgan fingerprint density at radius 2 is 1.38 bits per heavy atom. The first-order chi connectivity index (χ1) is 4.45. The summed E-state index contributed by atoms with van der Waals surface area (Å²) in [7, 11) is 0. The van der Waals surface area contributed by atoms with Crippen molar-refractivity contribution in [3.05, 3.63) is 22.8 Å². The molecule has 1 aliphatic carbocycles. The first-order valence-electron chi connectivity index (χ1n) is 3.75. The van der Waals surface area contributed by atoms with Crippen molar-refractivity contribution in [2.24, 2.45) is 5.41 Å². The zero-order chi connectivity index (χ0) is 7.94. The first-order valence-corrected chi connectivity index (χ1v) is 3.75. The van der Waals surface area contributed by atoms with Crippen molar-refractivity contribution in [1.29, 1.82) is 0 Å². The summed E-state index contributed by atoms with van der Waals surface area (Å²) in [5, 5.41) is 0. The fourth-order valence-corrected chi connectivity index (χ4v) is 1.41. The first kappa shape index (κ1) is 19.3. The van der Waals surface area contributed by atoms with E-state index in [4.69, 9.17) is 0 Å². The topological polar surface area (TPSA) is 0 Å². The van der Waals surface area contributed by atoms with E-state index in [9.17, 15) is 0 Å². The van der Waals surface area contributed by atoms with Gasteiger partial charge in [0.2, 0.25) is 0 Å². The van der Waals surface area contributed by atoms with E-state index in [-0.39, 0.29) is 50.0 Å². The summed E-state index contributed by atoms with van der Waals surface area (Å²) in [5.74, 6) is 0. The largest absolute Gasteiger partial charge is 2.00 e. The molecular weight excluding hydrogens is 381 g/mol. The molecule has 13 heavy (non-hydrogen) atoms. The zero-order valence-corrected chi connectivity index (χ0v) is 12.7. The van der Waals surface area contributed by atoms with Gasteiger partial charge in [-0.25, -0.2) is 5.57 Å².